The predicted octanol–water partition coefficient (Wildman–Crippen LogP) is 4.72. The summed E-state index contributed by atoms with van der Waals surface area (Å²) >= 11 is 0. The third-order valence-corrected chi connectivity index (χ3v) is 5.66. The zero-order valence-electron chi connectivity index (χ0n) is 18.4. The normalized spacial score (nSPS) is 13.6. The molecule has 0 radical (unpaired) electrons. The first-order chi connectivity index (χ1) is 15.5. The van der Waals surface area contributed by atoms with Crippen molar-refractivity contribution in [1.82, 2.24) is 0 Å². The van der Waals surface area contributed by atoms with Crippen molar-refractivity contribution in [3.63, 3.8) is 0 Å². The van der Waals surface area contributed by atoms with Gasteiger partial charge in [-0.1, -0.05) is 30.3 Å². The fourth-order valence-corrected chi connectivity index (χ4v) is 3.73. The average molecular weight is 428 g/mol. The summed E-state index contributed by atoms with van der Waals surface area (Å²) in [7, 11) is 3.11. The summed E-state index contributed by atoms with van der Waals surface area (Å²) < 4.78 is 10.7. The van der Waals surface area contributed by atoms with E-state index in [9.17, 15) is 9.59 Å². The Bertz CT molecular complexity index is 1230. The van der Waals surface area contributed by atoms with Crippen LogP contribution in [-0.2, 0) is 9.59 Å². The van der Waals surface area contributed by atoms with Crippen molar-refractivity contribution in [2.75, 3.05) is 24.4 Å². The summed E-state index contributed by atoms with van der Waals surface area (Å²) in [6, 6.07) is 19.8. The number of nitrogens with one attached hydrogen (secondary N) is 1. The molecule has 0 saturated heterocycles. The molecule has 4 rings (SSSR count). The number of nitrogens with zero attached hydrogens (tertiary/aromatic N) is 1. The minimum Gasteiger partial charge on any atom is -0.497 e. The number of benzene rings is 3. The Kier molecular flexibility index (Phi) is 5.69. The molecule has 32 heavy (non-hydrogen) atoms. The molecule has 3 aromatic carbocycles. The molecule has 0 aliphatic carbocycles. The number of anilines is 2. The number of carbonyl (C=O) groups is 2. The highest BCUT2D eigenvalue weighted by Crippen LogP contribution is 2.38. The lowest BCUT2D eigenvalue weighted by Crippen LogP contribution is -2.32. The molecule has 1 aliphatic heterocycles. The van der Waals surface area contributed by atoms with E-state index in [-0.39, 0.29) is 11.3 Å². The predicted molar refractivity (Wildman–Crippen MR) is 125 cm³/mol. The third-order valence-electron chi connectivity index (χ3n) is 5.66. The molecular weight excluding hydrogens is 404 g/mol. The summed E-state index contributed by atoms with van der Waals surface area (Å²) in [5, 5.41) is 3.24. The Morgan fingerprint density at radius 3 is 2.19 bits per heavy atom. The number of amides is 2. The molecule has 162 valence electrons. The lowest BCUT2D eigenvalue weighted by molar-refractivity contribution is -0.120. The van der Waals surface area contributed by atoms with Crippen molar-refractivity contribution in [1.29, 1.82) is 0 Å². The minimum absolute atomic E-state index is 0.212. The monoisotopic (exact) mass is 428 g/mol. The first kappa shape index (κ1) is 21.2. The van der Waals surface area contributed by atoms with Crippen molar-refractivity contribution < 1.29 is 19.1 Å². The highest BCUT2D eigenvalue weighted by Gasteiger charge is 2.41. The summed E-state index contributed by atoms with van der Waals surface area (Å²) in [6.45, 7) is 3.98. The van der Waals surface area contributed by atoms with Gasteiger partial charge in [0.2, 0.25) is 0 Å². The first-order valence-electron chi connectivity index (χ1n) is 10.2. The van der Waals surface area contributed by atoms with Crippen molar-refractivity contribution >= 4 is 28.8 Å². The Morgan fingerprint density at radius 1 is 0.781 bits per heavy atom. The van der Waals surface area contributed by atoms with Crippen LogP contribution in [0.3, 0.4) is 0 Å². The summed E-state index contributed by atoms with van der Waals surface area (Å²) in [4.78, 5) is 28.4. The molecule has 0 atom stereocenters. The van der Waals surface area contributed by atoms with Crippen LogP contribution in [0.15, 0.2) is 72.4 Å². The Labute approximate surface area is 187 Å². The van der Waals surface area contributed by atoms with Gasteiger partial charge < -0.3 is 14.8 Å². The van der Waals surface area contributed by atoms with Gasteiger partial charge in [0.15, 0.2) is 0 Å². The maximum atomic E-state index is 13.6. The van der Waals surface area contributed by atoms with Crippen molar-refractivity contribution in [3.8, 4) is 11.5 Å². The number of imide groups is 1. The molecule has 0 unspecified atom stereocenters. The molecule has 6 heteroatoms. The fourth-order valence-electron chi connectivity index (χ4n) is 3.73. The molecular formula is C26H24N2O4. The maximum Gasteiger partial charge on any atom is 0.282 e. The zero-order valence-corrected chi connectivity index (χ0v) is 18.4. The van der Waals surface area contributed by atoms with Gasteiger partial charge in [0, 0.05) is 11.3 Å². The number of rotatable bonds is 6. The highest BCUT2D eigenvalue weighted by molar-refractivity contribution is 6.46. The van der Waals surface area contributed by atoms with Gasteiger partial charge >= 0.3 is 0 Å². The number of aryl methyl sites for hydroxylation is 1. The standard InChI is InChI=1S/C26H24N2O4/c1-16-8-7-10-21(17(16)2)27-24-23(20-9-5-6-11-22(20)32-4)25(29)28(26(24)30)18-12-14-19(31-3)15-13-18/h5-15,27H,1-4H3. The highest BCUT2D eigenvalue weighted by atomic mass is 16.5. The van der Waals surface area contributed by atoms with Crippen molar-refractivity contribution in [2.24, 2.45) is 0 Å². The van der Waals surface area contributed by atoms with E-state index in [1.54, 1.807) is 50.6 Å². The van der Waals surface area contributed by atoms with Gasteiger partial charge in [-0.05, 0) is 61.4 Å². The number of ether oxygens (including phenoxy) is 2. The molecule has 0 fully saturated rings. The van der Waals surface area contributed by atoms with E-state index < -0.39 is 11.8 Å². The lowest BCUT2D eigenvalue weighted by Gasteiger charge is -2.16. The second kappa shape index (κ2) is 8.59. The van der Waals surface area contributed by atoms with Crippen LogP contribution in [0.1, 0.15) is 16.7 Å². The van der Waals surface area contributed by atoms with Crippen LogP contribution in [-0.4, -0.2) is 26.0 Å². The van der Waals surface area contributed by atoms with Gasteiger partial charge in [0.1, 0.15) is 17.2 Å². The number of carbonyl (C=O) groups excluding carboxylic acids is 2. The summed E-state index contributed by atoms with van der Waals surface area (Å²) in [5.41, 5.74) is 4.35. The lowest BCUT2D eigenvalue weighted by atomic mass is 10.0. The van der Waals surface area contributed by atoms with E-state index in [2.05, 4.69) is 5.32 Å². The van der Waals surface area contributed by atoms with Gasteiger partial charge in [0.25, 0.3) is 11.8 Å². The maximum absolute atomic E-state index is 13.6. The van der Waals surface area contributed by atoms with E-state index in [4.69, 9.17) is 9.47 Å². The number of methoxy groups -OCH3 is 2. The molecule has 2 amide bonds. The Morgan fingerprint density at radius 2 is 1.50 bits per heavy atom. The minimum atomic E-state index is -0.429. The van der Waals surface area contributed by atoms with Crippen LogP contribution in [0.2, 0.25) is 0 Å². The van der Waals surface area contributed by atoms with E-state index in [1.165, 1.54) is 4.90 Å². The molecule has 0 spiro atoms. The molecule has 1 aliphatic rings. The third kappa shape index (κ3) is 3.60. The zero-order chi connectivity index (χ0) is 22.8. The second-order valence-corrected chi connectivity index (χ2v) is 7.47. The van der Waals surface area contributed by atoms with Gasteiger partial charge in [-0.25, -0.2) is 4.90 Å². The van der Waals surface area contributed by atoms with Gasteiger partial charge in [-0.2, -0.15) is 0 Å². The Hall–Kier alpha value is -4.06. The van der Waals surface area contributed by atoms with Gasteiger partial charge in [0.05, 0.1) is 25.5 Å². The number of hydrogen-bond donors (Lipinski definition) is 1. The van der Waals surface area contributed by atoms with Crippen molar-refractivity contribution in [2.45, 2.75) is 13.8 Å². The number of hydrogen-bond acceptors (Lipinski definition) is 5. The molecule has 0 bridgehead atoms. The van der Waals surface area contributed by atoms with Crippen LogP contribution in [0.25, 0.3) is 5.57 Å². The number of para-hydroxylation sites is 1. The molecule has 0 aromatic heterocycles. The summed E-state index contributed by atoms with van der Waals surface area (Å²) in [5.74, 6) is 0.305. The van der Waals surface area contributed by atoms with E-state index in [1.807, 2.05) is 44.2 Å². The first-order valence-corrected chi connectivity index (χ1v) is 10.2. The largest absolute Gasteiger partial charge is 0.497 e. The van der Waals surface area contributed by atoms with E-state index in [0.29, 0.717) is 22.7 Å². The topological polar surface area (TPSA) is 67.9 Å². The van der Waals surface area contributed by atoms with Gasteiger partial charge in [-0.15, -0.1) is 0 Å². The average Bonchev–Trinajstić information content (AvgIpc) is 3.06. The van der Waals surface area contributed by atoms with E-state index >= 15 is 0 Å². The SMILES string of the molecule is COc1ccc(N2C(=O)C(Nc3cccc(C)c3C)=C(c3ccccc3OC)C2=O)cc1. The molecule has 6 nitrogen and oxygen atoms in total. The van der Waals surface area contributed by atoms with Crippen LogP contribution in [0.5, 0.6) is 11.5 Å². The van der Waals surface area contributed by atoms with E-state index in [0.717, 1.165) is 16.8 Å². The van der Waals surface area contributed by atoms with Crippen LogP contribution in [0.4, 0.5) is 11.4 Å². The smallest absolute Gasteiger partial charge is 0.282 e. The van der Waals surface area contributed by atoms with Crippen LogP contribution >= 0.6 is 0 Å². The Balaban J connectivity index is 1.86. The summed E-state index contributed by atoms with van der Waals surface area (Å²) in [6.07, 6.45) is 0. The molecule has 1 heterocycles. The second-order valence-electron chi connectivity index (χ2n) is 7.47. The fraction of sp³-hybridized carbons (Fsp3) is 0.154. The molecule has 0 saturated carbocycles. The van der Waals surface area contributed by atoms with Crippen molar-refractivity contribution in [3.05, 3.63) is 89.1 Å². The quantitative estimate of drug-likeness (QED) is 0.576. The van der Waals surface area contributed by atoms with Gasteiger partial charge in [-0.3, -0.25) is 9.59 Å². The molecule has 1 N–H and O–H groups in total. The molecule has 3 aromatic rings. The van der Waals surface area contributed by atoms with Crippen LogP contribution in [0, 0.1) is 13.8 Å². The van der Waals surface area contributed by atoms with Crippen LogP contribution < -0.4 is 19.7 Å².